The van der Waals surface area contributed by atoms with Crippen molar-refractivity contribution in [2.24, 2.45) is 5.92 Å². The Balaban J connectivity index is 2.33. The van der Waals surface area contributed by atoms with Crippen LogP contribution in [-0.2, 0) is 0 Å². The minimum atomic E-state index is 0.901. The van der Waals surface area contributed by atoms with Crippen molar-refractivity contribution in [1.29, 1.82) is 0 Å². The molecule has 0 amide bonds. The predicted molar refractivity (Wildman–Crippen MR) is 62.7 cm³/mol. The lowest BCUT2D eigenvalue weighted by atomic mass is 9.90. The van der Waals surface area contributed by atoms with Gasteiger partial charge in [-0.15, -0.1) is 0 Å². The van der Waals surface area contributed by atoms with Gasteiger partial charge in [-0.2, -0.15) is 0 Å². The Morgan fingerprint density at radius 2 is 1.70 bits per heavy atom. The first-order chi connectivity index (χ1) is 4.79. The lowest BCUT2D eigenvalue weighted by Crippen LogP contribution is -2.02. The number of hydrogen-bond donors (Lipinski definition) is 0. The van der Waals surface area contributed by atoms with Crippen LogP contribution in [0.1, 0.15) is 32.1 Å². The van der Waals surface area contributed by atoms with E-state index in [1.807, 2.05) is 0 Å². The lowest BCUT2D eigenvalue weighted by molar-refractivity contribution is 0.420. The third-order valence-corrected chi connectivity index (χ3v) is 2.73. The van der Waals surface area contributed by atoms with E-state index < -0.39 is 0 Å². The molecule has 0 N–H and O–H groups in total. The molecule has 2 heteroatoms. The van der Waals surface area contributed by atoms with Gasteiger partial charge < -0.3 is 0 Å². The molecule has 0 aromatic rings. The van der Waals surface area contributed by atoms with Crippen LogP contribution in [0, 0.1) is 5.92 Å². The zero-order valence-corrected chi connectivity index (χ0v) is 10.3. The van der Waals surface area contributed by atoms with Crippen LogP contribution in [0.5, 0.6) is 0 Å². The van der Waals surface area contributed by atoms with Gasteiger partial charge in [-0.25, -0.2) is 0 Å². The minimum absolute atomic E-state index is 0.901. The largest absolute Gasteiger partial charge is 0.0618 e. The molecule has 0 spiro atoms. The second-order valence-electron chi connectivity index (χ2n) is 2.85. The first-order valence-corrected chi connectivity index (χ1v) is 5.97. The van der Waals surface area contributed by atoms with E-state index in [0.29, 0.717) is 0 Å². The molecule has 1 aliphatic rings. The van der Waals surface area contributed by atoms with Crippen LogP contribution in [0.4, 0.5) is 0 Å². The van der Waals surface area contributed by atoms with E-state index >= 15 is 0 Å². The van der Waals surface area contributed by atoms with Crippen molar-refractivity contribution in [2.75, 3.05) is 0 Å². The topological polar surface area (TPSA) is 0 Å². The number of rotatable bonds is 1. The molecule has 1 aliphatic carbocycles. The molecular weight excluding hydrogens is 350 g/mol. The van der Waals surface area contributed by atoms with Crippen LogP contribution in [0.2, 0.25) is 0 Å². The molecule has 58 valence electrons. The molecule has 1 saturated carbocycles. The Morgan fingerprint density at radius 3 is 2.20 bits per heavy atom. The molecule has 10 heavy (non-hydrogen) atoms. The molecule has 0 unspecified atom stereocenters. The molecule has 0 aromatic heterocycles. The van der Waals surface area contributed by atoms with Crippen molar-refractivity contribution < 1.29 is 0 Å². The van der Waals surface area contributed by atoms with Crippen LogP contribution in [-0.4, -0.2) is 0 Å². The van der Waals surface area contributed by atoms with Crippen molar-refractivity contribution in [3.63, 3.8) is 0 Å². The maximum Gasteiger partial charge on any atom is 0.0477 e. The number of hydrogen-bond acceptors (Lipinski definition) is 0. The number of allylic oxidation sites excluding steroid dienone is 1. The Hall–Kier alpha value is 1.20. The zero-order valence-electron chi connectivity index (χ0n) is 5.95. The Kier molecular flexibility index (Phi) is 4.60. The molecule has 0 nitrogen and oxygen atoms in total. The van der Waals surface area contributed by atoms with Crippen molar-refractivity contribution in [3.8, 4) is 0 Å². The predicted octanol–water partition coefficient (Wildman–Crippen LogP) is 4.28. The van der Waals surface area contributed by atoms with Crippen LogP contribution >= 0.6 is 45.2 Å². The fourth-order valence-electron chi connectivity index (χ4n) is 1.48. The number of halogens is 2. The highest BCUT2D eigenvalue weighted by atomic mass is 127. The van der Waals surface area contributed by atoms with E-state index in [4.69, 9.17) is 0 Å². The first-order valence-electron chi connectivity index (χ1n) is 3.82. The van der Waals surface area contributed by atoms with Crippen LogP contribution in [0.3, 0.4) is 0 Å². The van der Waals surface area contributed by atoms with Gasteiger partial charge >= 0.3 is 0 Å². The smallest absolute Gasteiger partial charge is 0.0477 e. The highest BCUT2D eigenvalue weighted by Gasteiger charge is 2.10. The summed E-state index contributed by atoms with van der Waals surface area (Å²) in [4.78, 5) is 0. The highest BCUT2D eigenvalue weighted by Crippen LogP contribution is 2.28. The monoisotopic (exact) mass is 362 g/mol. The van der Waals surface area contributed by atoms with E-state index in [2.05, 4.69) is 51.3 Å². The van der Waals surface area contributed by atoms with Gasteiger partial charge in [0.2, 0.25) is 0 Å². The quantitative estimate of drug-likeness (QED) is 0.611. The van der Waals surface area contributed by atoms with Gasteiger partial charge in [0.25, 0.3) is 0 Å². The van der Waals surface area contributed by atoms with Crippen molar-refractivity contribution in [2.45, 2.75) is 32.1 Å². The van der Waals surface area contributed by atoms with Gasteiger partial charge in [0.15, 0.2) is 0 Å². The summed E-state index contributed by atoms with van der Waals surface area (Å²) in [7, 11) is 0. The SMILES string of the molecule is IC(I)=CC1CCCCC1. The van der Waals surface area contributed by atoms with E-state index in [1.54, 1.807) is 0 Å². The van der Waals surface area contributed by atoms with Crippen LogP contribution in [0.15, 0.2) is 7.66 Å². The summed E-state index contributed by atoms with van der Waals surface area (Å²) in [5.41, 5.74) is 0. The molecule has 0 saturated heterocycles. The fourth-order valence-corrected chi connectivity index (χ4v) is 2.50. The van der Waals surface area contributed by atoms with Crippen molar-refractivity contribution in [3.05, 3.63) is 7.66 Å². The first kappa shape index (κ1) is 9.29. The van der Waals surface area contributed by atoms with Gasteiger partial charge in [0.1, 0.15) is 0 Å². The summed E-state index contributed by atoms with van der Waals surface area (Å²) >= 11 is 4.79. The standard InChI is InChI=1S/C8H12I2/c9-8(10)6-7-4-2-1-3-5-7/h6-7H,1-5H2. The van der Waals surface area contributed by atoms with Crippen molar-refractivity contribution >= 4 is 45.2 Å². The summed E-state index contributed by atoms with van der Waals surface area (Å²) in [5, 5.41) is 0. The Labute approximate surface area is 90.1 Å². The zero-order chi connectivity index (χ0) is 7.40. The van der Waals surface area contributed by atoms with Gasteiger partial charge in [0.05, 0.1) is 0 Å². The maximum absolute atomic E-state index is 2.42. The average Bonchev–Trinajstić information content (AvgIpc) is 1.88. The second kappa shape index (κ2) is 4.95. The summed E-state index contributed by atoms with van der Waals surface area (Å²) in [6, 6.07) is 0. The molecular formula is C8H12I2. The van der Waals surface area contributed by atoms with Gasteiger partial charge in [0, 0.05) is 1.59 Å². The second-order valence-corrected chi connectivity index (χ2v) is 7.24. The average molecular weight is 362 g/mol. The van der Waals surface area contributed by atoms with E-state index in [0.717, 1.165) is 5.92 Å². The normalized spacial score (nSPS) is 20.6. The van der Waals surface area contributed by atoms with Gasteiger partial charge in [-0.05, 0) is 63.9 Å². The Morgan fingerprint density at radius 1 is 1.10 bits per heavy atom. The molecule has 0 atom stereocenters. The third kappa shape index (κ3) is 3.55. The Bertz CT molecular complexity index is 119. The molecule has 0 radical (unpaired) electrons. The highest BCUT2D eigenvalue weighted by molar-refractivity contribution is 14.2. The van der Waals surface area contributed by atoms with Gasteiger partial charge in [-0.1, -0.05) is 25.3 Å². The maximum atomic E-state index is 2.42. The molecule has 0 bridgehead atoms. The molecule has 1 fully saturated rings. The van der Waals surface area contributed by atoms with Crippen LogP contribution < -0.4 is 0 Å². The molecule has 1 rings (SSSR count). The van der Waals surface area contributed by atoms with E-state index in [-0.39, 0.29) is 0 Å². The van der Waals surface area contributed by atoms with E-state index in [9.17, 15) is 0 Å². The molecule has 0 aliphatic heterocycles. The summed E-state index contributed by atoms with van der Waals surface area (Å²) in [5.74, 6) is 0.901. The third-order valence-electron chi connectivity index (χ3n) is 2.01. The van der Waals surface area contributed by atoms with E-state index in [1.165, 1.54) is 33.7 Å². The summed E-state index contributed by atoms with van der Waals surface area (Å²) in [6.45, 7) is 0. The molecule has 0 aromatic carbocycles. The summed E-state index contributed by atoms with van der Waals surface area (Å²) < 4.78 is 1.43. The minimum Gasteiger partial charge on any atom is -0.0618 e. The van der Waals surface area contributed by atoms with Gasteiger partial charge in [-0.3, -0.25) is 0 Å². The molecule has 0 heterocycles. The lowest BCUT2D eigenvalue weighted by Gasteiger charge is -2.17. The fraction of sp³-hybridized carbons (Fsp3) is 0.750. The summed E-state index contributed by atoms with van der Waals surface area (Å²) in [6.07, 6.45) is 9.62. The van der Waals surface area contributed by atoms with Crippen LogP contribution in [0.25, 0.3) is 0 Å². The van der Waals surface area contributed by atoms with Crippen molar-refractivity contribution in [1.82, 2.24) is 0 Å².